The second-order valence-electron chi connectivity index (χ2n) is 11.6. The molecule has 12 heteroatoms. The van der Waals surface area contributed by atoms with E-state index in [1.54, 1.807) is 54.6 Å². The smallest absolute Gasteiger partial charge is 0.408 e. The van der Waals surface area contributed by atoms with Gasteiger partial charge in [0.05, 0.1) is 18.6 Å². The van der Waals surface area contributed by atoms with Crippen molar-refractivity contribution in [2.75, 3.05) is 13.2 Å². The van der Waals surface area contributed by atoms with E-state index in [4.69, 9.17) is 14.2 Å². The van der Waals surface area contributed by atoms with Crippen LogP contribution in [0.4, 0.5) is 4.79 Å². The normalized spacial score (nSPS) is 12.9. The van der Waals surface area contributed by atoms with Gasteiger partial charge in [0.2, 0.25) is 11.8 Å². The Bertz CT molecular complexity index is 1570. The third-order valence-electron chi connectivity index (χ3n) is 7.57. The molecule has 4 atom stereocenters. The van der Waals surface area contributed by atoms with Crippen molar-refractivity contribution in [3.05, 3.63) is 133 Å². The van der Waals surface area contributed by atoms with E-state index in [0.717, 1.165) is 11.1 Å². The Balaban J connectivity index is 1.66. The van der Waals surface area contributed by atoms with Gasteiger partial charge in [-0.2, -0.15) is 0 Å². The first-order chi connectivity index (χ1) is 24.7. The van der Waals surface area contributed by atoms with E-state index in [1.165, 1.54) is 12.2 Å². The maximum absolute atomic E-state index is 13.5. The van der Waals surface area contributed by atoms with Gasteiger partial charge in [-0.1, -0.05) is 103 Å². The van der Waals surface area contributed by atoms with E-state index in [1.807, 2.05) is 36.4 Å². The molecule has 4 N–H and O–H groups in total. The molecule has 3 aromatic rings. The van der Waals surface area contributed by atoms with E-state index < -0.39 is 60.5 Å². The van der Waals surface area contributed by atoms with Gasteiger partial charge < -0.3 is 35.3 Å². The van der Waals surface area contributed by atoms with Gasteiger partial charge in [0, 0.05) is 6.42 Å². The molecule has 0 heterocycles. The summed E-state index contributed by atoms with van der Waals surface area (Å²) >= 11 is 0. The van der Waals surface area contributed by atoms with Crippen LogP contribution >= 0.6 is 0 Å². The Morgan fingerprint density at radius 3 is 1.73 bits per heavy atom. The first kappa shape index (κ1) is 39.7. The average molecular weight is 700 g/mol. The molecular formula is C39H45N3O9. The summed E-state index contributed by atoms with van der Waals surface area (Å²) in [6.07, 6.45) is 2.19. The van der Waals surface area contributed by atoms with Crippen LogP contribution in [0.2, 0.25) is 0 Å². The molecule has 0 saturated carbocycles. The number of allylic oxidation sites excluding steroid dienone is 1. The number of hydrogen-bond acceptors (Lipinski definition) is 9. The van der Waals surface area contributed by atoms with E-state index in [-0.39, 0.29) is 39.1 Å². The summed E-state index contributed by atoms with van der Waals surface area (Å²) in [5.41, 5.74) is 2.35. The molecule has 0 saturated heterocycles. The monoisotopic (exact) mass is 699 g/mol. The van der Waals surface area contributed by atoms with Crippen LogP contribution in [-0.2, 0) is 53.0 Å². The number of alkyl carbamates (subject to hydrolysis) is 1. The summed E-state index contributed by atoms with van der Waals surface area (Å²) in [5, 5.41) is 17.6. The topological polar surface area (TPSA) is 169 Å². The largest absolute Gasteiger partial charge is 0.461 e. The van der Waals surface area contributed by atoms with E-state index in [9.17, 15) is 29.1 Å². The summed E-state index contributed by atoms with van der Waals surface area (Å²) in [6, 6.07) is 23.9. The number of carbonyl (C=O) groups excluding carboxylic acids is 5. The highest BCUT2D eigenvalue weighted by atomic mass is 16.6. The number of aliphatic hydroxyl groups excluding tert-OH is 1. The molecule has 0 bridgehead atoms. The summed E-state index contributed by atoms with van der Waals surface area (Å²) in [5.74, 6) is -3.92. The van der Waals surface area contributed by atoms with Gasteiger partial charge >= 0.3 is 18.0 Å². The maximum Gasteiger partial charge on any atom is 0.408 e. The molecule has 51 heavy (non-hydrogen) atoms. The van der Waals surface area contributed by atoms with Crippen LogP contribution in [0.25, 0.3) is 0 Å². The van der Waals surface area contributed by atoms with Crippen molar-refractivity contribution in [3.63, 3.8) is 0 Å². The zero-order chi connectivity index (χ0) is 36.8. The number of esters is 2. The van der Waals surface area contributed by atoms with Crippen LogP contribution in [0, 0.1) is 5.92 Å². The molecule has 3 aromatic carbocycles. The SMILES string of the molecule is C=CC[C@H](CC(=O)N[C@@H](CO)Cc1ccccc1)C(=O)N[C@H](COC(=O)[C@@H](CC=C)NC(=O)OCc1ccccc1)C(=O)OCc1ccccc1. The molecule has 0 unspecified atom stereocenters. The quantitative estimate of drug-likeness (QED) is 0.0731. The number of ether oxygens (including phenoxy) is 3. The summed E-state index contributed by atoms with van der Waals surface area (Å²) < 4.78 is 16.0. The maximum atomic E-state index is 13.5. The number of nitrogens with one attached hydrogen (secondary N) is 3. The Kier molecular flexibility index (Phi) is 17.2. The predicted molar refractivity (Wildman–Crippen MR) is 190 cm³/mol. The van der Waals surface area contributed by atoms with Gasteiger partial charge in [0.15, 0.2) is 6.04 Å². The fraction of sp³-hybridized carbons (Fsp3) is 0.308. The molecule has 12 nitrogen and oxygen atoms in total. The van der Waals surface area contributed by atoms with E-state index >= 15 is 0 Å². The van der Waals surface area contributed by atoms with Crippen molar-refractivity contribution in [2.45, 2.75) is 57.0 Å². The number of aliphatic hydroxyl groups is 1. The lowest BCUT2D eigenvalue weighted by molar-refractivity contribution is -0.156. The Morgan fingerprint density at radius 2 is 1.18 bits per heavy atom. The van der Waals surface area contributed by atoms with Crippen molar-refractivity contribution in [1.82, 2.24) is 16.0 Å². The highest BCUT2D eigenvalue weighted by Crippen LogP contribution is 2.13. The molecule has 3 amide bonds. The van der Waals surface area contributed by atoms with Gasteiger partial charge in [-0.3, -0.25) is 9.59 Å². The number of benzene rings is 3. The molecule has 0 radical (unpaired) electrons. The first-order valence-corrected chi connectivity index (χ1v) is 16.5. The highest BCUT2D eigenvalue weighted by molar-refractivity contribution is 5.89. The third kappa shape index (κ3) is 14.7. The Labute approximate surface area is 297 Å². The van der Waals surface area contributed by atoms with Gasteiger partial charge in [0.1, 0.15) is 25.9 Å². The fourth-order valence-electron chi connectivity index (χ4n) is 4.90. The number of hydrogen-bond donors (Lipinski definition) is 4. The number of carbonyl (C=O) groups is 5. The zero-order valence-corrected chi connectivity index (χ0v) is 28.4. The van der Waals surface area contributed by atoms with Crippen LogP contribution in [-0.4, -0.2) is 66.3 Å². The van der Waals surface area contributed by atoms with Crippen molar-refractivity contribution < 1.29 is 43.3 Å². The number of amides is 3. The van der Waals surface area contributed by atoms with E-state index in [2.05, 4.69) is 29.1 Å². The fourth-order valence-corrected chi connectivity index (χ4v) is 4.90. The van der Waals surface area contributed by atoms with Gasteiger partial charge in [-0.25, -0.2) is 14.4 Å². The third-order valence-corrected chi connectivity index (χ3v) is 7.57. The minimum Gasteiger partial charge on any atom is -0.461 e. The molecule has 270 valence electrons. The molecular weight excluding hydrogens is 654 g/mol. The van der Waals surface area contributed by atoms with E-state index in [0.29, 0.717) is 12.0 Å². The van der Waals surface area contributed by atoms with Crippen molar-refractivity contribution >= 4 is 29.8 Å². The molecule has 0 aliphatic rings. The Hall–Kier alpha value is -5.75. The number of rotatable bonds is 21. The standard InChI is InChI=1S/C39H45N3O9/c1-3-14-31(23-35(44)40-32(24-43)22-28-16-8-5-9-17-28)36(45)41-34(38(47)49-25-29-18-10-6-11-19-29)27-50-37(46)33(15-4-2)42-39(48)51-26-30-20-12-7-13-21-30/h3-13,16-21,31-34,43H,1-2,14-15,22-27H2,(H,40,44)(H,41,45)(H,42,48)/t31-,32-,33-,34-/m1/s1. The van der Waals surface area contributed by atoms with Crippen LogP contribution in [0.1, 0.15) is 36.0 Å². The molecule has 0 aliphatic heterocycles. The van der Waals surface area contributed by atoms with Crippen LogP contribution < -0.4 is 16.0 Å². The minimum absolute atomic E-state index is 0.00955. The Morgan fingerprint density at radius 1 is 0.647 bits per heavy atom. The van der Waals surface area contributed by atoms with Gasteiger partial charge in [-0.05, 0) is 36.0 Å². The highest BCUT2D eigenvalue weighted by Gasteiger charge is 2.31. The molecule has 0 spiro atoms. The van der Waals surface area contributed by atoms with Crippen LogP contribution in [0.5, 0.6) is 0 Å². The average Bonchev–Trinajstić information content (AvgIpc) is 3.15. The lowest BCUT2D eigenvalue weighted by atomic mass is 9.98. The lowest BCUT2D eigenvalue weighted by Gasteiger charge is -2.23. The lowest BCUT2D eigenvalue weighted by Crippen LogP contribution is -2.49. The summed E-state index contributed by atoms with van der Waals surface area (Å²) in [4.78, 5) is 65.3. The summed E-state index contributed by atoms with van der Waals surface area (Å²) in [7, 11) is 0. The summed E-state index contributed by atoms with van der Waals surface area (Å²) in [6.45, 7) is 6.21. The first-order valence-electron chi connectivity index (χ1n) is 16.5. The molecule has 0 fully saturated rings. The zero-order valence-electron chi connectivity index (χ0n) is 28.4. The van der Waals surface area contributed by atoms with Crippen molar-refractivity contribution in [2.24, 2.45) is 5.92 Å². The second kappa shape index (κ2) is 22.1. The second-order valence-corrected chi connectivity index (χ2v) is 11.6. The molecule has 3 rings (SSSR count). The van der Waals surface area contributed by atoms with Gasteiger partial charge in [-0.15, -0.1) is 13.2 Å². The van der Waals surface area contributed by atoms with Crippen LogP contribution in [0.15, 0.2) is 116 Å². The predicted octanol–water partition coefficient (Wildman–Crippen LogP) is 3.93. The van der Waals surface area contributed by atoms with Crippen molar-refractivity contribution in [1.29, 1.82) is 0 Å². The van der Waals surface area contributed by atoms with Crippen LogP contribution in [0.3, 0.4) is 0 Å². The minimum atomic E-state index is -1.46. The molecule has 0 aliphatic carbocycles. The van der Waals surface area contributed by atoms with Crippen molar-refractivity contribution in [3.8, 4) is 0 Å². The van der Waals surface area contributed by atoms with Gasteiger partial charge in [0.25, 0.3) is 0 Å². The molecule has 0 aromatic heterocycles.